The topological polar surface area (TPSA) is 149 Å². The smallest absolute Gasteiger partial charge is 0.220 e. The number of amides is 1. The van der Waals surface area contributed by atoms with Gasteiger partial charge in [0.1, 0.15) is 24.4 Å². The van der Waals surface area contributed by atoms with Gasteiger partial charge in [0.15, 0.2) is 6.29 Å². The van der Waals surface area contributed by atoms with Crippen LogP contribution < -0.4 is 5.32 Å². The SMILES string of the molecule is CC/C=C\C/C=C\C/C=C\C/C=C\C/C=C\C/C=C\CCCCCCCCCCCCC(=O)NC(COC1OC(CO)C(O)C(O)C1O)C(O)/C=C/CC/C=C/CC/C=C/CCCCCCCCCCC. The number of nitrogens with one attached hydrogen (secondary N) is 1. The summed E-state index contributed by atoms with van der Waals surface area (Å²) in [6.45, 7) is 3.63. The molecule has 9 heteroatoms. The average molecular weight is 993 g/mol. The van der Waals surface area contributed by atoms with Crippen molar-refractivity contribution in [3.63, 3.8) is 0 Å². The summed E-state index contributed by atoms with van der Waals surface area (Å²) in [5.74, 6) is -0.200. The molecule has 0 aromatic carbocycles. The van der Waals surface area contributed by atoms with Crippen molar-refractivity contribution in [2.24, 2.45) is 0 Å². The Balaban J connectivity index is 2.27. The Morgan fingerprint density at radius 2 is 0.887 bits per heavy atom. The number of carbonyl (C=O) groups excluding carboxylic acids is 1. The van der Waals surface area contributed by atoms with E-state index in [1.165, 1.54) is 96.3 Å². The van der Waals surface area contributed by atoms with E-state index in [-0.39, 0.29) is 12.5 Å². The van der Waals surface area contributed by atoms with Crippen molar-refractivity contribution in [1.82, 2.24) is 5.32 Å². The minimum Gasteiger partial charge on any atom is -0.394 e. The number of hydrogen-bond donors (Lipinski definition) is 6. The molecule has 0 bridgehead atoms. The molecule has 1 aliphatic rings. The van der Waals surface area contributed by atoms with Gasteiger partial charge in [0, 0.05) is 6.42 Å². The summed E-state index contributed by atoms with van der Waals surface area (Å²) < 4.78 is 11.2. The monoisotopic (exact) mass is 992 g/mol. The molecule has 1 fully saturated rings. The van der Waals surface area contributed by atoms with Gasteiger partial charge >= 0.3 is 0 Å². The van der Waals surface area contributed by atoms with Crippen LogP contribution in [0, 0.1) is 0 Å². The Kier molecular flexibility index (Phi) is 46.7. The molecule has 0 aromatic heterocycles. The van der Waals surface area contributed by atoms with Crippen molar-refractivity contribution in [3.05, 3.63) is 109 Å². The first kappa shape index (κ1) is 65.9. The number of unbranched alkanes of at least 4 members (excludes halogenated alkanes) is 21. The highest BCUT2D eigenvalue weighted by Crippen LogP contribution is 2.23. The van der Waals surface area contributed by atoms with E-state index in [4.69, 9.17) is 9.47 Å². The van der Waals surface area contributed by atoms with Crippen molar-refractivity contribution in [3.8, 4) is 0 Å². The van der Waals surface area contributed by atoms with Crippen molar-refractivity contribution in [1.29, 1.82) is 0 Å². The van der Waals surface area contributed by atoms with E-state index in [9.17, 15) is 30.3 Å². The predicted molar refractivity (Wildman–Crippen MR) is 299 cm³/mol. The van der Waals surface area contributed by atoms with Gasteiger partial charge in [0.05, 0.1) is 25.4 Å². The fraction of sp³-hybridized carbons (Fsp3) is 0.694. The zero-order valence-electron chi connectivity index (χ0n) is 44.9. The lowest BCUT2D eigenvalue weighted by molar-refractivity contribution is -0.302. The van der Waals surface area contributed by atoms with Crippen LogP contribution in [-0.4, -0.2) is 87.5 Å². The minimum atomic E-state index is -1.58. The first-order valence-electron chi connectivity index (χ1n) is 28.6. The van der Waals surface area contributed by atoms with Crippen LogP contribution in [0.1, 0.15) is 219 Å². The number of carbonyl (C=O) groups is 1. The maximum Gasteiger partial charge on any atom is 0.220 e. The molecule has 7 unspecified atom stereocenters. The Labute approximate surface area is 434 Å². The number of rotatable bonds is 47. The van der Waals surface area contributed by atoms with E-state index >= 15 is 0 Å². The minimum absolute atomic E-state index is 0.200. The van der Waals surface area contributed by atoms with Gasteiger partial charge < -0.3 is 40.3 Å². The Hall–Kier alpha value is -3.15. The van der Waals surface area contributed by atoms with Gasteiger partial charge in [0.2, 0.25) is 5.91 Å². The summed E-state index contributed by atoms with van der Waals surface area (Å²) in [7, 11) is 0. The molecular weight excluding hydrogens is 887 g/mol. The molecule has 71 heavy (non-hydrogen) atoms. The van der Waals surface area contributed by atoms with Crippen LogP contribution in [-0.2, 0) is 14.3 Å². The summed E-state index contributed by atoms with van der Waals surface area (Å²) in [5.41, 5.74) is 0. The lowest BCUT2D eigenvalue weighted by Gasteiger charge is -2.40. The molecule has 1 heterocycles. The van der Waals surface area contributed by atoms with Gasteiger partial charge in [0.25, 0.3) is 0 Å². The third kappa shape index (κ3) is 40.0. The largest absolute Gasteiger partial charge is 0.394 e. The second kappa shape index (κ2) is 50.4. The lowest BCUT2D eigenvalue weighted by Crippen LogP contribution is -2.60. The first-order chi connectivity index (χ1) is 34.8. The molecule has 0 aliphatic carbocycles. The van der Waals surface area contributed by atoms with E-state index in [1.807, 2.05) is 6.08 Å². The zero-order chi connectivity index (χ0) is 51.5. The second-order valence-electron chi connectivity index (χ2n) is 19.3. The highest BCUT2D eigenvalue weighted by Gasteiger charge is 2.44. The van der Waals surface area contributed by atoms with Gasteiger partial charge in [-0.1, -0.05) is 226 Å². The van der Waals surface area contributed by atoms with Crippen LogP contribution >= 0.6 is 0 Å². The van der Waals surface area contributed by atoms with E-state index in [2.05, 4.69) is 116 Å². The molecule has 9 nitrogen and oxygen atoms in total. The van der Waals surface area contributed by atoms with Crippen LogP contribution in [0.15, 0.2) is 109 Å². The van der Waals surface area contributed by atoms with Crippen molar-refractivity contribution >= 4 is 5.91 Å². The fourth-order valence-corrected chi connectivity index (χ4v) is 8.31. The van der Waals surface area contributed by atoms with Gasteiger partial charge in [-0.2, -0.15) is 0 Å². The summed E-state index contributed by atoms with van der Waals surface area (Å²) in [6.07, 6.45) is 67.1. The summed E-state index contributed by atoms with van der Waals surface area (Å²) >= 11 is 0. The van der Waals surface area contributed by atoms with Crippen LogP contribution in [0.2, 0.25) is 0 Å². The standard InChI is InChI=1S/C62H105NO8/c1-3-5-7-9-11-13-15-17-19-21-23-24-25-26-27-28-29-30-31-32-34-36-38-40-42-44-46-48-50-52-58(66)63-55(54-70-62-61(69)60(68)59(67)57(53-64)71-62)56(65)51-49-47-45-43-41-39-37-35-33-22-20-18-16-14-12-10-8-6-4-2/h5,7,11,13,17,19,23-24,26-27,29-30,33,35,41,43,49,51,55-57,59-62,64-65,67-69H,3-4,6,8-10,12,14-16,18,20-22,25,28,31-32,34,36-40,42,44-48,50,52-54H2,1-2H3,(H,63,66)/b7-5-,13-11-,19-17-,24-23-,27-26-,30-29-,35-33+,43-41+,51-49+. The highest BCUT2D eigenvalue weighted by atomic mass is 16.7. The van der Waals surface area contributed by atoms with Crippen molar-refractivity contribution < 1.29 is 39.8 Å². The fourth-order valence-electron chi connectivity index (χ4n) is 8.31. The molecule has 1 amide bonds. The zero-order valence-corrected chi connectivity index (χ0v) is 44.9. The molecule has 0 spiro atoms. The Morgan fingerprint density at radius 1 is 0.493 bits per heavy atom. The van der Waals surface area contributed by atoms with E-state index in [0.29, 0.717) is 6.42 Å². The van der Waals surface area contributed by atoms with E-state index in [0.717, 1.165) is 103 Å². The first-order valence-corrected chi connectivity index (χ1v) is 28.6. The van der Waals surface area contributed by atoms with Crippen LogP contribution in [0.3, 0.4) is 0 Å². The molecule has 1 rings (SSSR count). The van der Waals surface area contributed by atoms with Crippen molar-refractivity contribution in [2.75, 3.05) is 13.2 Å². The van der Waals surface area contributed by atoms with Crippen LogP contribution in [0.5, 0.6) is 0 Å². The van der Waals surface area contributed by atoms with E-state index < -0.39 is 49.5 Å². The maximum absolute atomic E-state index is 13.1. The second-order valence-corrected chi connectivity index (χ2v) is 19.3. The molecule has 0 aromatic rings. The molecular formula is C62H105NO8. The van der Waals surface area contributed by atoms with E-state index in [1.54, 1.807) is 6.08 Å². The molecule has 1 saturated heterocycles. The number of aliphatic hydroxyl groups excluding tert-OH is 5. The third-order valence-electron chi connectivity index (χ3n) is 12.8. The van der Waals surface area contributed by atoms with Gasteiger partial charge in [-0.15, -0.1) is 0 Å². The molecule has 0 saturated carbocycles. The molecule has 0 radical (unpaired) electrons. The van der Waals surface area contributed by atoms with Crippen LogP contribution in [0.4, 0.5) is 0 Å². The maximum atomic E-state index is 13.1. The van der Waals surface area contributed by atoms with Crippen LogP contribution in [0.25, 0.3) is 0 Å². The highest BCUT2D eigenvalue weighted by molar-refractivity contribution is 5.76. The normalized spacial score (nSPS) is 20.1. The molecule has 406 valence electrons. The average Bonchev–Trinajstić information content (AvgIpc) is 3.37. The van der Waals surface area contributed by atoms with Crippen molar-refractivity contribution in [2.45, 2.75) is 262 Å². The molecule has 1 aliphatic heterocycles. The Bertz CT molecular complexity index is 1480. The predicted octanol–water partition coefficient (Wildman–Crippen LogP) is 14.2. The third-order valence-corrected chi connectivity index (χ3v) is 12.8. The lowest BCUT2D eigenvalue weighted by atomic mass is 9.99. The quantitative estimate of drug-likeness (QED) is 0.0261. The number of aliphatic hydroxyl groups is 5. The van der Waals surface area contributed by atoms with Gasteiger partial charge in [-0.05, 0) is 96.3 Å². The summed E-state index contributed by atoms with van der Waals surface area (Å²) in [4.78, 5) is 13.1. The Morgan fingerprint density at radius 3 is 1.35 bits per heavy atom. The number of hydrogen-bond acceptors (Lipinski definition) is 8. The van der Waals surface area contributed by atoms with Gasteiger partial charge in [-0.3, -0.25) is 4.79 Å². The molecule has 6 N–H and O–H groups in total. The number of allylic oxidation sites excluding steroid dienone is 17. The summed E-state index contributed by atoms with van der Waals surface area (Å²) in [5, 5.41) is 54.5. The summed E-state index contributed by atoms with van der Waals surface area (Å²) in [6, 6.07) is -0.838. The van der Waals surface area contributed by atoms with Gasteiger partial charge in [-0.25, -0.2) is 0 Å². The molecule has 7 atom stereocenters. The number of ether oxygens (including phenoxy) is 2.